The maximum atomic E-state index is 12.0. The molecule has 21 heavy (non-hydrogen) atoms. The van der Waals surface area contributed by atoms with Crippen molar-refractivity contribution in [2.24, 2.45) is 5.73 Å². The van der Waals surface area contributed by atoms with Gasteiger partial charge in [-0.3, -0.25) is 9.78 Å². The summed E-state index contributed by atoms with van der Waals surface area (Å²) >= 11 is 0. The predicted octanol–water partition coefficient (Wildman–Crippen LogP) is 1.67. The number of pyridine rings is 1. The van der Waals surface area contributed by atoms with Gasteiger partial charge in [-0.05, 0) is 24.6 Å². The molecule has 0 fully saturated rings. The average molecular weight is 285 g/mol. The molecule has 1 heterocycles. The molecule has 0 aliphatic carbocycles. The highest BCUT2D eigenvalue weighted by Crippen LogP contribution is 2.10. The number of ether oxygens (including phenoxy) is 1. The molecule has 0 bridgehead atoms. The fourth-order valence-corrected chi connectivity index (χ4v) is 1.85. The van der Waals surface area contributed by atoms with Gasteiger partial charge in [0.1, 0.15) is 5.75 Å². The fraction of sp³-hybridized carbons (Fsp3) is 0.250. The summed E-state index contributed by atoms with van der Waals surface area (Å²) in [5.74, 6) is 0.359. The minimum Gasteiger partial charge on any atom is -0.479 e. The van der Waals surface area contributed by atoms with E-state index in [4.69, 9.17) is 10.5 Å². The van der Waals surface area contributed by atoms with Crippen LogP contribution in [0.25, 0.3) is 0 Å². The number of nitrogens with two attached hydrogens (primary N) is 1. The largest absolute Gasteiger partial charge is 0.479 e. The van der Waals surface area contributed by atoms with Crippen LogP contribution in [0.15, 0.2) is 54.9 Å². The maximum absolute atomic E-state index is 12.0. The quantitative estimate of drug-likeness (QED) is 0.846. The summed E-state index contributed by atoms with van der Waals surface area (Å²) in [7, 11) is 0. The van der Waals surface area contributed by atoms with Gasteiger partial charge in [0.2, 0.25) is 0 Å². The molecule has 0 spiro atoms. The summed E-state index contributed by atoms with van der Waals surface area (Å²) in [6.07, 6.45) is 2.62. The zero-order chi connectivity index (χ0) is 15.1. The van der Waals surface area contributed by atoms with Gasteiger partial charge in [0, 0.05) is 18.8 Å². The van der Waals surface area contributed by atoms with Gasteiger partial charge < -0.3 is 15.8 Å². The van der Waals surface area contributed by atoms with Gasteiger partial charge in [-0.2, -0.15) is 0 Å². The third kappa shape index (κ3) is 4.57. The highest BCUT2D eigenvalue weighted by atomic mass is 16.5. The number of nitrogens with one attached hydrogen (secondary N) is 1. The van der Waals surface area contributed by atoms with Crippen molar-refractivity contribution in [2.75, 3.05) is 6.54 Å². The summed E-state index contributed by atoms with van der Waals surface area (Å²) in [5, 5.41) is 2.79. The van der Waals surface area contributed by atoms with Gasteiger partial charge in [-0.15, -0.1) is 0 Å². The summed E-state index contributed by atoms with van der Waals surface area (Å²) in [6, 6.07) is 12.9. The molecule has 2 rings (SSSR count). The van der Waals surface area contributed by atoms with Crippen LogP contribution < -0.4 is 15.8 Å². The first-order valence-corrected chi connectivity index (χ1v) is 6.81. The Hall–Kier alpha value is -2.40. The van der Waals surface area contributed by atoms with E-state index in [1.165, 1.54) is 0 Å². The van der Waals surface area contributed by atoms with Gasteiger partial charge in [-0.25, -0.2) is 0 Å². The molecule has 0 saturated carbocycles. The van der Waals surface area contributed by atoms with Crippen LogP contribution in [0.2, 0.25) is 0 Å². The van der Waals surface area contributed by atoms with Crippen LogP contribution in [-0.4, -0.2) is 23.5 Å². The van der Waals surface area contributed by atoms with E-state index in [1.54, 1.807) is 31.5 Å². The Balaban J connectivity index is 1.81. The lowest BCUT2D eigenvalue weighted by molar-refractivity contribution is -0.127. The lowest BCUT2D eigenvalue weighted by Crippen LogP contribution is -2.39. The second-order valence-electron chi connectivity index (χ2n) is 4.71. The van der Waals surface area contributed by atoms with Gasteiger partial charge in [0.25, 0.3) is 5.91 Å². The third-order valence-electron chi connectivity index (χ3n) is 3.04. The maximum Gasteiger partial charge on any atom is 0.260 e. The SMILES string of the molecule is CC(Oc1cccnc1)C(=O)NCC(N)c1ccccc1. The van der Waals surface area contributed by atoms with E-state index in [9.17, 15) is 4.79 Å². The van der Waals surface area contributed by atoms with Crippen molar-refractivity contribution < 1.29 is 9.53 Å². The number of hydrogen-bond acceptors (Lipinski definition) is 4. The highest BCUT2D eigenvalue weighted by molar-refractivity contribution is 5.80. The molecule has 1 aromatic heterocycles. The Bertz CT molecular complexity index is 560. The first-order valence-electron chi connectivity index (χ1n) is 6.81. The smallest absolute Gasteiger partial charge is 0.260 e. The molecule has 110 valence electrons. The standard InChI is InChI=1S/C16H19N3O2/c1-12(21-14-8-5-9-18-10-14)16(20)19-11-15(17)13-6-3-2-4-7-13/h2-10,12,15H,11,17H2,1H3,(H,19,20). The van der Waals surface area contributed by atoms with Crippen LogP contribution in [-0.2, 0) is 4.79 Å². The Kier molecular flexibility index (Phi) is 5.29. The van der Waals surface area contributed by atoms with E-state index in [1.807, 2.05) is 30.3 Å². The minimum absolute atomic E-state index is 0.203. The Morgan fingerprint density at radius 2 is 2.05 bits per heavy atom. The molecule has 3 N–H and O–H groups in total. The first kappa shape index (κ1) is 15.0. The Labute approximate surface area is 124 Å². The molecule has 2 aromatic rings. The molecule has 0 saturated heterocycles. The monoisotopic (exact) mass is 285 g/mol. The number of rotatable bonds is 6. The van der Waals surface area contributed by atoms with Crippen molar-refractivity contribution in [1.29, 1.82) is 0 Å². The van der Waals surface area contributed by atoms with Crippen LogP contribution in [0, 0.1) is 0 Å². The summed E-state index contributed by atoms with van der Waals surface area (Å²) in [6.45, 7) is 2.06. The zero-order valence-electron chi connectivity index (χ0n) is 11.9. The summed E-state index contributed by atoms with van der Waals surface area (Å²) < 4.78 is 5.50. The molecular formula is C16H19N3O2. The Morgan fingerprint density at radius 3 is 2.71 bits per heavy atom. The fourth-order valence-electron chi connectivity index (χ4n) is 1.85. The second kappa shape index (κ2) is 7.40. The zero-order valence-corrected chi connectivity index (χ0v) is 11.9. The van der Waals surface area contributed by atoms with Crippen molar-refractivity contribution in [2.45, 2.75) is 19.1 Å². The lowest BCUT2D eigenvalue weighted by atomic mass is 10.1. The average Bonchev–Trinajstić information content (AvgIpc) is 2.54. The number of amides is 1. The van der Waals surface area contributed by atoms with Crippen molar-refractivity contribution in [3.8, 4) is 5.75 Å². The van der Waals surface area contributed by atoms with Crippen LogP contribution in [0.4, 0.5) is 0 Å². The molecular weight excluding hydrogens is 266 g/mol. The molecule has 2 atom stereocenters. The van der Waals surface area contributed by atoms with Gasteiger partial charge >= 0.3 is 0 Å². The molecule has 2 unspecified atom stereocenters. The predicted molar refractivity (Wildman–Crippen MR) is 80.7 cm³/mol. The van der Waals surface area contributed by atoms with Crippen LogP contribution in [0.5, 0.6) is 5.75 Å². The number of benzene rings is 1. The molecule has 1 aromatic carbocycles. The van der Waals surface area contributed by atoms with E-state index < -0.39 is 6.10 Å². The molecule has 0 radical (unpaired) electrons. The van der Waals surface area contributed by atoms with Crippen molar-refractivity contribution in [1.82, 2.24) is 10.3 Å². The van der Waals surface area contributed by atoms with E-state index in [0.717, 1.165) is 5.56 Å². The van der Waals surface area contributed by atoms with Gasteiger partial charge in [0.15, 0.2) is 6.10 Å². The highest BCUT2D eigenvalue weighted by Gasteiger charge is 2.15. The molecule has 5 nitrogen and oxygen atoms in total. The summed E-state index contributed by atoms with van der Waals surface area (Å²) in [4.78, 5) is 15.9. The van der Waals surface area contributed by atoms with Crippen LogP contribution >= 0.6 is 0 Å². The van der Waals surface area contributed by atoms with E-state index in [0.29, 0.717) is 12.3 Å². The molecule has 0 aliphatic heterocycles. The van der Waals surface area contributed by atoms with E-state index >= 15 is 0 Å². The molecule has 0 aliphatic rings. The molecule has 5 heteroatoms. The second-order valence-corrected chi connectivity index (χ2v) is 4.71. The number of aromatic nitrogens is 1. The number of hydrogen-bond donors (Lipinski definition) is 2. The van der Waals surface area contributed by atoms with Crippen molar-refractivity contribution in [3.63, 3.8) is 0 Å². The summed E-state index contributed by atoms with van der Waals surface area (Å²) in [5.41, 5.74) is 7.02. The first-order chi connectivity index (χ1) is 10.2. The number of carbonyl (C=O) groups excluding carboxylic acids is 1. The van der Waals surface area contributed by atoms with Crippen molar-refractivity contribution >= 4 is 5.91 Å². The van der Waals surface area contributed by atoms with E-state index in [-0.39, 0.29) is 11.9 Å². The normalized spacial score (nSPS) is 13.2. The van der Waals surface area contributed by atoms with Crippen LogP contribution in [0.1, 0.15) is 18.5 Å². The third-order valence-corrected chi connectivity index (χ3v) is 3.04. The van der Waals surface area contributed by atoms with Crippen molar-refractivity contribution in [3.05, 3.63) is 60.4 Å². The molecule has 1 amide bonds. The van der Waals surface area contributed by atoms with Gasteiger partial charge in [0.05, 0.1) is 6.20 Å². The topological polar surface area (TPSA) is 77.2 Å². The lowest BCUT2D eigenvalue weighted by Gasteiger charge is -2.17. The van der Waals surface area contributed by atoms with Gasteiger partial charge in [-0.1, -0.05) is 30.3 Å². The number of carbonyl (C=O) groups is 1. The van der Waals surface area contributed by atoms with Crippen LogP contribution in [0.3, 0.4) is 0 Å². The van der Waals surface area contributed by atoms with E-state index in [2.05, 4.69) is 10.3 Å². The number of nitrogens with zero attached hydrogens (tertiary/aromatic N) is 1. The Morgan fingerprint density at radius 1 is 1.29 bits per heavy atom. The minimum atomic E-state index is -0.600.